The van der Waals surface area contributed by atoms with Gasteiger partial charge in [-0.2, -0.15) is 0 Å². The van der Waals surface area contributed by atoms with Crippen molar-refractivity contribution in [3.63, 3.8) is 0 Å². The van der Waals surface area contributed by atoms with E-state index in [0.29, 0.717) is 0 Å². The summed E-state index contributed by atoms with van der Waals surface area (Å²) in [6, 6.07) is 20.4. The van der Waals surface area contributed by atoms with Gasteiger partial charge in [0.05, 0.1) is 0 Å². The van der Waals surface area contributed by atoms with Crippen LogP contribution in [-0.4, -0.2) is 0 Å². The molecule has 0 amide bonds. The molecule has 3 rings (SSSR count). The molecule has 0 aliphatic carbocycles. The average molecular weight is 205 g/mol. The van der Waals surface area contributed by atoms with Crippen LogP contribution in [0, 0.1) is 6.07 Å². The highest BCUT2D eigenvalue weighted by Crippen LogP contribution is 2.25. The Balaban J connectivity index is 2.46. The summed E-state index contributed by atoms with van der Waals surface area (Å²) in [5.41, 5.74) is 1.42. The van der Waals surface area contributed by atoms with Crippen LogP contribution in [0.4, 0.5) is 0 Å². The number of hydrogen-bond acceptors (Lipinski definition) is 0. The summed E-state index contributed by atoms with van der Waals surface area (Å²) in [5, 5.41) is 5.27. The maximum atomic E-state index is 3.14. The van der Waals surface area contributed by atoms with Gasteiger partial charge in [-0.3, -0.25) is 0 Å². The van der Waals surface area contributed by atoms with Crippen LogP contribution in [0.3, 0.4) is 0 Å². The van der Waals surface area contributed by atoms with Crippen molar-refractivity contribution in [1.82, 2.24) is 0 Å². The normalized spacial score (nSPS) is 11.1. The van der Waals surface area contributed by atoms with E-state index in [9.17, 15) is 0 Å². The lowest BCUT2D eigenvalue weighted by Gasteiger charge is -2.06. The van der Waals surface area contributed by atoms with Crippen LogP contribution in [0.2, 0.25) is 0 Å². The van der Waals surface area contributed by atoms with Crippen LogP contribution in [-0.2, 0) is 6.42 Å². The van der Waals surface area contributed by atoms with E-state index >= 15 is 0 Å². The highest BCUT2D eigenvalue weighted by molar-refractivity contribution is 5.99. The Hall–Kier alpha value is -1.82. The smallest absolute Gasteiger partial charge is 0.0146 e. The lowest BCUT2D eigenvalue weighted by Crippen LogP contribution is -1.83. The van der Waals surface area contributed by atoms with E-state index in [1.165, 1.54) is 27.1 Å². The number of fused-ring (bicyclic) bond motifs is 2. The first-order valence-corrected chi connectivity index (χ1v) is 5.70. The quantitative estimate of drug-likeness (QED) is 0.518. The van der Waals surface area contributed by atoms with Crippen molar-refractivity contribution < 1.29 is 0 Å². The van der Waals surface area contributed by atoms with Crippen molar-refractivity contribution in [1.29, 1.82) is 0 Å². The van der Waals surface area contributed by atoms with Crippen molar-refractivity contribution in [3.05, 3.63) is 60.2 Å². The van der Waals surface area contributed by atoms with Gasteiger partial charge < -0.3 is 0 Å². The summed E-state index contributed by atoms with van der Waals surface area (Å²) in [4.78, 5) is 0. The van der Waals surface area contributed by atoms with E-state index in [-0.39, 0.29) is 0 Å². The number of hydrogen-bond donors (Lipinski definition) is 0. The highest BCUT2D eigenvalue weighted by atomic mass is 14.0. The van der Waals surface area contributed by atoms with Gasteiger partial charge in [-0.25, -0.2) is 0 Å². The zero-order chi connectivity index (χ0) is 11.0. The van der Waals surface area contributed by atoms with E-state index in [2.05, 4.69) is 55.5 Å². The standard InChI is InChI=1S/C16H13/c1-2-12-8-5-9-15-10-13-6-3-4-7-14(13)11-16(12)15/h3,5-11H,2H2,1H3. The molecule has 0 unspecified atom stereocenters. The molecule has 3 aromatic carbocycles. The Labute approximate surface area is 95.5 Å². The third-order valence-corrected chi connectivity index (χ3v) is 3.15. The molecule has 0 saturated heterocycles. The maximum absolute atomic E-state index is 3.14. The molecule has 0 aliphatic heterocycles. The van der Waals surface area contributed by atoms with Crippen molar-refractivity contribution >= 4 is 21.5 Å². The van der Waals surface area contributed by atoms with Gasteiger partial charge in [0, 0.05) is 0 Å². The molecule has 0 N–H and O–H groups in total. The van der Waals surface area contributed by atoms with Crippen molar-refractivity contribution in [2.24, 2.45) is 0 Å². The molecule has 77 valence electrons. The minimum atomic E-state index is 1.08. The van der Waals surface area contributed by atoms with Gasteiger partial charge in [-0.15, -0.1) is 0 Å². The third-order valence-electron chi connectivity index (χ3n) is 3.15. The molecule has 0 heterocycles. The van der Waals surface area contributed by atoms with Gasteiger partial charge in [0.15, 0.2) is 0 Å². The summed E-state index contributed by atoms with van der Waals surface area (Å²) in [6.07, 6.45) is 1.08. The third kappa shape index (κ3) is 1.38. The lowest BCUT2D eigenvalue weighted by molar-refractivity contribution is 1.16. The SMILES string of the molecule is CCc1cccc2cc3cc[c]cc3cc12. The van der Waals surface area contributed by atoms with E-state index in [1.54, 1.807) is 0 Å². The van der Waals surface area contributed by atoms with Crippen LogP contribution >= 0.6 is 0 Å². The summed E-state index contributed by atoms with van der Waals surface area (Å²) >= 11 is 0. The first-order valence-electron chi connectivity index (χ1n) is 5.70. The van der Waals surface area contributed by atoms with Crippen LogP contribution < -0.4 is 0 Å². The van der Waals surface area contributed by atoms with Crippen LogP contribution in [0.1, 0.15) is 12.5 Å². The highest BCUT2D eigenvalue weighted by Gasteiger charge is 2.00. The summed E-state index contributed by atoms with van der Waals surface area (Å²) in [6.45, 7) is 2.20. The molecule has 0 spiro atoms. The van der Waals surface area contributed by atoms with Crippen LogP contribution in [0.15, 0.2) is 48.5 Å². The maximum Gasteiger partial charge on any atom is -0.0146 e. The van der Waals surface area contributed by atoms with Crippen LogP contribution in [0.5, 0.6) is 0 Å². The Kier molecular flexibility index (Phi) is 2.14. The van der Waals surface area contributed by atoms with E-state index in [0.717, 1.165) is 6.42 Å². The second-order valence-corrected chi connectivity index (χ2v) is 4.12. The van der Waals surface area contributed by atoms with Gasteiger partial charge >= 0.3 is 0 Å². The van der Waals surface area contributed by atoms with Gasteiger partial charge in [0.2, 0.25) is 0 Å². The molecule has 1 radical (unpaired) electrons. The molecule has 0 heteroatoms. The average Bonchev–Trinajstić information content (AvgIpc) is 2.35. The molecule has 0 atom stereocenters. The monoisotopic (exact) mass is 205 g/mol. The van der Waals surface area contributed by atoms with E-state index < -0.39 is 0 Å². The Morgan fingerprint density at radius 3 is 2.81 bits per heavy atom. The molecule has 16 heavy (non-hydrogen) atoms. The summed E-state index contributed by atoms with van der Waals surface area (Å²) in [7, 11) is 0. The second kappa shape index (κ2) is 3.64. The Morgan fingerprint density at radius 2 is 1.94 bits per heavy atom. The fourth-order valence-corrected chi connectivity index (χ4v) is 2.28. The minimum absolute atomic E-state index is 1.08. The van der Waals surface area contributed by atoms with Gasteiger partial charge in [-0.05, 0) is 57.8 Å². The molecular formula is C16H13. The number of benzene rings is 3. The van der Waals surface area contributed by atoms with Gasteiger partial charge in [0.1, 0.15) is 0 Å². The molecule has 3 aromatic rings. The fraction of sp³-hybridized carbons (Fsp3) is 0.125. The number of rotatable bonds is 1. The topological polar surface area (TPSA) is 0 Å². The summed E-state index contributed by atoms with van der Waals surface area (Å²) in [5.74, 6) is 0. The molecule has 0 bridgehead atoms. The molecule has 0 fully saturated rings. The minimum Gasteiger partial charge on any atom is -0.0614 e. The van der Waals surface area contributed by atoms with Gasteiger partial charge in [-0.1, -0.05) is 37.3 Å². The first-order chi connectivity index (χ1) is 7.88. The Morgan fingerprint density at radius 1 is 1.00 bits per heavy atom. The molecule has 0 nitrogen and oxygen atoms in total. The largest absolute Gasteiger partial charge is 0.0614 e. The predicted octanol–water partition coefficient (Wildman–Crippen LogP) is 4.36. The van der Waals surface area contributed by atoms with Crippen LogP contribution in [0.25, 0.3) is 21.5 Å². The van der Waals surface area contributed by atoms with Gasteiger partial charge in [0.25, 0.3) is 0 Å². The molecule has 0 saturated carbocycles. The first kappa shape index (κ1) is 9.41. The molecule has 0 aromatic heterocycles. The molecular weight excluding hydrogens is 192 g/mol. The van der Waals surface area contributed by atoms with E-state index in [1.807, 2.05) is 6.07 Å². The zero-order valence-electron chi connectivity index (χ0n) is 9.33. The predicted molar refractivity (Wildman–Crippen MR) is 69.7 cm³/mol. The van der Waals surface area contributed by atoms with E-state index in [4.69, 9.17) is 0 Å². The number of aryl methyl sites for hydroxylation is 1. The molecule has 0 aliphatic rings. The van der Waals surface area contributed by atoms with Crippen molar-refractivity contribution in [3.8, 4) is 0 Å². The van der Waals surface area contributed by atoms with Crippen molar-refractivity contribution in [2.45, 2.75) is 13.3 Å². The Bertz CT molecular complexity index is 650. The second-order valence-electron chi connectivity index (χ2n) is 4.12. The van der Waals surface area contributed by atoms with Crippen molar-refractivity contribution in [2.75, 3.05) is 0 Å². The fourth-order valence-electron chi connectivity index (χ4n) is 2.28. The zero-order valence-corrected chi connectivity index (χ0v) is 9.33. The summed E-state index contributed by atoms with van der Waals surface area (Å²) < 4.78 is 0. The lowest BCUT2D eigenvalue weighted by atomic mass is 9.99.